The first-order chi connectivity index (χ1) is 10.6. The van der Waals surface area contributed by atoms with Crippen molar-refractivity contribution < 1.29 is 4.79 Å². The average molecular weight is 314 g/mol. The molecule has 1 amide bonds. The Morgan fingerprint density at radius 2 is 2.05 bits per heavy atom. The summed E-state index contributed by atoms with van der Waals surface area (Å²) in [5.74, 6) is -0.281. The number of hydrogen-bond donors (Lipinski definition) is 1. The number of rotatable bonds is 3. The highest BCUT2D eigenvalue weighted by Gasteiger charge is 2.14. The smallest absolute Gasteiger partial charge is 0.257 e. The molecule has 3 rings (SSSR count). The maximum Gasteiger partial charge on any atom is 0.257 e. The van der Waals surface area contributed by atoms with Crippen LogP contribution in [0.25, 0.3) is 5.69 Å². The highest BCUT2D eigenvalue weighted by molar-refractivity contribution is 6.34. The first-order valence-electron chi connectivity index (χ1n) is 6.55. The second-order valence-electron chi connectivity index (χ2n) is 4.71. The number of benzene rings is 2. The molecule has 22 heavy (non-hydrogen) atoms. The van der Waals surface area contributed by atoms with Gasteiger partial charge in [0.15, 0.2) is 0 Å². The van der Waals surface area contributed by atoms with Crippen molar-refractivity contribution in [2.45, 2.75) is 6.92 Å². The van der Waals surface area contributed by atoms with Gasteiger partial charge in [0.2, 0.25) is 0 Å². The van der Waals surface area contributed by atoms with Crippen LogP contribution in [0.2, 0.25) is 5.02 Å². The van der Waals surface area contributed by atoms with E-state index in [1.54, 1.807) is 30.3 Å². The SMILES string of the molecule is Cc1ccc(NC(=O)c2ccccc2-n2cnnn2)c(Cl)c1. The molecular weight excluding hydrogens is 302 g/mol. The van der Waals surface area contributed by atoms with E-state index in [1.807, 2.05) is 19.1 Å². The van der Waals surface area contributed by atoms with Gasteiger partial charge in [0, 0.05) is 0 Å². The zero-order valence-electron chi connectivity index (χ0n) is 11.7. The lowest BCUT2D eigenvalue weighted by molar-refractivity contribution is 0.102. The highest BCUT2D eigenvalue weighted by atomic mass is 35.5. The van der Waals surface area contributed by atoms with Crippen LogP contribution in [-0.4, -0.2) is 26.1 Å². The van der Waals surface area contributed by atoms with Crippen LogP contribution in [-0.2, 0) is 0 Å². The van der Waals surface area contributed by atoms with Gasteiger partial charge < -0.3 is 5.32 Å². The highest BCUT2D eigenvalue weighted by Crippen LogP contribution is 2.24. The first kappa shape index (κ1) is 14.2. The predicted octanol–water partition coefficient (Wildman–Crippen LogP) is 2.88. The Kier molecular flexibility index (Phi) is 3.84. The number of hydrogen-bond acceptors (Lipinski definition) is 4. The standard InChI is InChI=1S/C15H12ClN5O/c1-10-6-7-13(12(16)8-10)18-15(22)11-4-2-3-5-14(11)21-9-17-19-20-21/h2-9H,1H3,(H,18,22). The molecule has 6 nitrogen and oxygen atoms in total. The van der Waals surface area contributed by atoms with Crippen molar-refractivity contribution in [2.75, 3.05) is 5.32 Å². The van der Waals surface area contributed by atoms with Crippen LogP contribution in [0.1, 0.15) is 15.9 Å². The second-order valence-corrected chi connectivity index (χ2v) is 5.12. The fraction of sp³-hybridized carbons (Fsp3) is 0.0667. The van der Waals surface area contributed by atoms with E-state index in [9.17, 15) is 4.79 Å². The van der Waals surface area contributed by atoms with Crippen molar-refractivity contribution in [3.05, 3.63) is 64.9 Å². The van der Waals surface area contributed by atoms with Gasteiger partial charge >= 0.3 is 0 Å². The Labute approximate surface area is 131 Å². The van der Waals surface area contributed by atoms with Gasteiger partial charge in [-0.05, 0) is 47.2 Å². The Balaban J connectivity index is 1.93. The monoisotopic (exact) mass is 313 g/mol. The number of nitrogens with one attached hydrogen (secondary N) is 1. The molecule has 7 heteroatoms. The Bertz CT molecular complexity index is 817. The van der Waals surface area contributed by atoms with Gasteiger partial charge in [-0.2, -0.15) is 4.68 Å². The summed E-state index contributed by atoms with van der Waals surface area (Å²) in [4.78, 5) is 12.5. The summed E-state index contributed by atoms with van der Waals surface area (Å²) >= 11 is 6.15. The summed E-state index contributed by atoms with van der Waals surface area (Å²) in [6, 6.07) is 12.5. The van der Waals surface area contributed by atoms with Crippen molar-refractivity contribution in [3.8, 4) is 5.69 Å². The number of anilines is 1. The molecule has 2 aromatic carbocycles. The van der Waals surface area contributed by atoms with Crippen molar-refractivity contribution in [1.82, 2.24) is 20.2 Å². The molecule has 1 aromatic heterocycles. The molecule has 3 aromatic rings. The molecule has 110 valence electrons. The van der Waals surface area contributed by atoms with Gasteiger partial charge in [0.05, 0.1) is 22.0 Å². The Hall–Kier alpha value is -2.73. The number of nitrogens with zero attached hydrogens (tertiary/aromatic N) is 4. The van der Waals surface area contributed by atoms with E-state index < -0.39 is 0 Å². The van der Waals surface area contributed by atoms with Crippen molar-refractivity contribution >= 4 is 23.2 Å². The van der Waals surface area contributed by atoms with Crippen LogP contribution in [0.3, 0.4) is 0 Å². The van der Waals surface area contributed by atoms with Crippen molar-refractivity contribution in [3.63, 3.8) is 0 Å². The molecule has 0 aliphatic heterocycles. The number of halogens is 1. The number of aryl methyl sites for hydroxylation is 1. The molecule has 0 saturated heterocycles. The van der Waals surface area contributed by atoms with E-state index in [2.05, 4.69) is 20.8 Å². The molecule has 0 atom stereocenters. The van der Waals surface area contributed by atoms with Crippen LogP contribution in [0.4, 0.5) is 5.69 Å². The van der Waals surface area contributed by atoms with E-state index >= 15 is 0 Å². The van der Waals surface area contributed by atoms with Gasteiger partial charge in [-0.1, -0.05) is 29.8 Å². The minimum atomic E-state index is -0.281. The van der Waals surface area contributed by atoms with Gasteiger partial charge in [-0.25, -0.2) is 0 Å². The summed E-state index contributed by atoms with van der Waals surface area (Å²) in [7, 11) is 0. The van der Waals surface area contributed by atoms with Crippen LogP contribution >= 0.6 is 11.6 Å². The third kappa shape index (κ3) is 2.82. The minimum Gasteiger partial charge on any atom is -0.321 e. The van der Waals surface area contributed by atoms with Crippen molar-refractivity contribution in [1.29, 1.82) is 0 Å². The zero-order chi connectivity index (χ0) is 15.5. The molecule has 1 heterocycles. The number of para-hydroxylation sites is 1. The van der Waals surface area contributed by atoms with Crippen LogP contribution in [0.5, 0.6) is 0 Å². The topological polar surface area (TPSA) is 72.7 Å². The van der Waals surface area contributed by atoms with Crippen LogP contribution in [0.15, 0.2) is 48.8 Å². The fourth-order valence-corrected chi connectivity index (χ4v) is 2.33. The average Bonchev–Trinajstić information content (AvgIpc) is 3.04. The molecule has 0 fully saturated rings. The van der Waals surface area contributed by atoms with Gasteiger partial charge in [0.1, 0.15) is 6.33 Å². The Morgan fingerprint density at radius 1 is 1.23 bits per heavy atom. The quantitative estimate of drug-likeness (QED) is 0.807. The normalized spacial score (nSPS) is 10.5. The molecule has 0 spiro atoms. The molecule has 0 radical (unpaired) electrons. The van der Waals surface area contributed by atoms with E-state index in [-0.39, 0.29) is 5.91 Å². The number of aromatic nitrogens is 4. The summed E-state index contributed by atoms with van der Waals surface area (Å²) in [6.07, 6.45) is 1.44. The van der Waals surface area contributed by atoms with Crippen LogP contribution in [0, 0.1) is 6.92 Å². The molecule has 0 bridgehead atoms. The summed E-state index contributed by atoms with van der Waals surface area (Å²) in [5, 5.41) is 14.3. The van der Waals surface area contributed by atoms with Gasteiger partial charge in [0.25, 0.3) is 5.91 Å². The largest absolute Gasteiger partial charge is 0.321 e. The second kappa shape index (κ2) is 5.95. The number of amides is 1. The number of carbonyl (C=O) groups excluding carboxylic acids is 1. The van der Waals surface area contributed by atoms with Crippen LogP contribution < -0.4 is 5.32 Å². The molecular formula is C15H12ClN5O. The minimum absolute atomic E-state index is 0.281. The lowest BCUT2D eigenvalue weighted by Crippen LogP contribution is -2.15. The summed E-state index contributed by atoms with van der Waals surface area (Å²) in [6.45, 7) is 1.94. The summed E-state index contributed by atoms with van der Waals surface area (Å²) < 4.78 is 1.44. The first-order valence-corrected chi connectivity index (χ1v) is 6.93. The third-order valence-corrected chi connectivity index (χ3v) is 3.43. The van der Waals surface area contributed by atoms with Gasteiger partial charge in [-0.15, -0.1) is 5.10 Å². The number of tetrazole rings is 1. The van der Waals surface area contributed by atoms with E-state index in [0.29, 0.717) is 22.0 Å². The van der Waals surface area contributed by atoms with Gasteiger partial charge in [-0.3, -0.25) is 4.79 Å². The molecule has 0 saturated carbocycles. The zero-order valence-corrected chi connectivity index (χ0v) is 12.4. The maximum atomic E-state index is 12.5. The lowest BCUT2D eigenvalue weighted by atomic mass is 10.1. The lowest BCUT2D eigenvalue weighted by Gasteiger charge is -2.10. The van der Waals surface area contributed by atoms with E-state index in [0.717, 1.165) is 5.56 Å². The molecule has 1 N–H and O–H groups in total. The third-order valence-electron chi connectivity index (χ3n) is 3.12. The summed E-state index contributed by atoms with van der Waals surface area (Å²) in [5.41, 5.74) is 2.63. The maximum absolute atomic E-state index is 12.5. The van der Waals surface area contributed by atoms with Crippen molar-refractivity contribution in [2.24, 2.45) is 0 Å². The fourth-order valence-electron chi connectivity index (χ4n) is 2.05. The van der Waals surface area contributed by atoms with E-state index in [1.165, 1.54) is 11.0 Å². The van der Waals surface area contributed by atoms with E-state index in [4.69, 9.17) is 11.6 Å². The molecule has 0 aliphatic rings. The number of carbonyl (C=O) groups is 1. The molecule has 0 unspecified atom stereocenters. The molecule has 0 aliphatic carbocycles. The predicted molar refractivity (Wildman–Crippen MR) is 83.3 cm³/mol. The Morgan fingerprint density at radius 3 is 2.77 bits per heavy atom.